The van der Waals surface area contributed by atoms with Gasteiger partial charge in [0.1, 0.15) is 12.1 Å². The molecule has 2 aliphatic rings. The third kappa shape index (κ3) is 5.48. The smallest absolute Gasteiger partial charge is 0.132 e. The lowest BCUT2D eigenvalue weighted by molar-refractivity contribution is 0.122. The summed E-state index contributed by atoms with van der Waals surface area (Å²) in [6.45, 7) is 10.3. The average Bonchev–Trinajstić information content (AvgIpc) is 3.39. The van der Waals surface area contributed by atoms with Crippen molar-refractivity contribution in [3.05, 3.63) is 65.8 Å². The number of aromatic nitrogens is 2. The van der Waals surface area contributed by atoms with E-state index in [9.17, 15) is 4.39 Å². The zero-order valence-electron chi connectivity index (χ0n) is 20.0. The lowest BCUT2D eigenvalue weighted by atomic mass is 9.96. The number of morpholine rings is 1. The van der Waals surface area contributed by atoms with Gasteiger partial charge in [0.2, 0.25) is 0 Å². The summed E-state index contributed by atoms with van der Waals surface area (Å²) in [6, 6.07) is 10.6. The molecule has 7 heteroatoms. The number of nitrogens with two attached hydrogens (primary N) is 1. The molecule has 5 rings (SSSR count). The van der Waals surface area contributed by atoms with E-state index in [1.165, 1.54) is 12.4 Å². The van der Waals surface area contributed by atoms with Crippen LogP contribution in [0.5, 0.6) is 0 Å². The van der Waals surface area contributed by atoms with Gasteiger partial charge in [0.05, 0.1) is 37.0 Å². The fourth-order valence-corrected chi connectivity index (χ4v) is 3.96. The van der Waals surface area contributed by atoms with Crippen molar-refractivity contribution >= 4 is 22.8 Å². The molecule has 1 atom stereocenters. The van der Waals surface area contributed by atoms with Crippen molar-refractivity contribution in [2.75, 3.05) is 37.7 Å². The first-order valence-electron chi connectivity index (χ1n) is 11.8. The lowest BCUT2D eigenvalue weighted by Gasteiger charge is -2.29. The molecular formula is C27H32FN5O. The Labute approximate surface area is 200 Å². The largest absolute Gasteiger partial charge is 0.378 e. The molecule has 0 amide bonds. The fraction of sp³-hybridized carbons (Fsp3) is 0.370. The van der Waals surface area contributed by atoms with Crippen LogP contribution in [0.1, 0.15) is 32.4 Å². The van der Waals surface area contributed by atoms with Gasteiger partial charge in [-0.25, -0.2) is 14.4 Å². The van der Waals surface area contributed by atoms with Gasteiger partial charge in [-0.15, -0.1) is 0 Å². The van der Waals surface area contributed by atoms with E-state index in [0.717, 1.165) is 46.7 Å². The van der Waals surface area contributed by atoms with Gasteiger partial charge in [-0.1, -0.05) is 32.9 Å². The molecule has 0 aliphatic carbocycles. The highest BCUT2D eigenvalue weighted by Gasteiger charge is 2.18. The van der Waals surface area contributed by atoms with E-state index in [2.05, 4.69) is 40.6 Å². The highest BCUT2D eigenvalue weighted by molar-refractivity contribution is 5.94. The Balaban J connectivity index is 0.000000636. The topological polar surface area (TPSA) is 76.6 Å². The fourth-order valence-electron chi connectivity index (χ4n) is 3.96. The monoisotopic (exact) mass is 461 g/mol. The SMILES string of the molecule is CC(C)C.NC(C1=CCN=C1)c1ccc(F)c(-c2ncnc3cc(N4CCOCC4)ccc23)c1. The average molecular weight is 462 g/mol. The van der Waals surface area contributed by atoms with Crippen LogP contribution in [0.4, 0.5) is 10.1 Å². The van der Waals surface area contributed by atoms with Gasteiger partial charge < -0.3 is 15.4 Å². The number of hydrogen-bond donors (Lipinski definition) is 1. The number of ether oxygens (including phenoxy) is 1. The zero-order chi connectivity index (χ0) is 24.1. The van der Waals surface area contributed by atoms with Crippen LogP contribution >= 0.6 is 0 Å². The molecule has 2 aliphatic heterocycles. The summed E-state index contributed by atoms with van der Waals surface area (Å²) in [6.07, 6.45) is 5.25. The molecule has 2 aromatic carbocycles. The number of hydrogen-bond acceptors (Lipinski definition) is 6. The molecule has 3 heterocycles. The molecule has 1 unspecified atom stereocenters. The van der Waals surface area contributed by atoms with Crippen molar-refractivity contribution in [1.29, 1.82) is 0 Å². The molecule has 1 fully saturated rings. The predicted octanol–water partition coefficient (Wildman–Crippen LogP) is 4.95. The van der Waals surface area contributed by atoms with Gasteiger partial charge in [-0.05, 0) is 47.4 Å². The summed E-state index contributed by atoms with van der Waals surface area (Å²) < 4.78 is 20.3. The van der Waals surface area contributed by atoms with Crippen molar-refractivity contribution < 1.29 is 9.13 Å². The number of fused-ring (bicyclic) bond motifs is 1. The highest BCUT2D eigenvalue weighted by Crippen LogP contribution is 2.32. The molecule has 0 bridgehead atoms. The second kappa shape index (κ2) is 10.8. The zero-order valence-corrected chi connectivity index (χ0v) is 20.0. The number of nitrogens with zero attached hydrogens (tertiary/aromatic N) is 4. The molecule has 0 radical (unpaired) electrons. The van der Waals surface area contributed by atoms with Crippen LogP contribution in [0.25, 0.3) is 22.2 Å². The lowest BCUT2D eigenvalue weighted by Crippen LogP contribution is -2.36. The Morgan fingerprint density at radius 3 is 2.50 bits per heavy atom. The standard InChI is InChI=1S/C23H22FN5O.C4H10/c24-20-4-1-15(22(25)16-5-6-26-13-16)11-19(20)23-18-3-2-17(12-21(18)27-14-28-23)29-7-9-30-10-8-29;1-4(2)3/h1-5,11-14,22H,6-10,25H2;4H,1-3H3. The minimum absolute atomic E-state index is 0.336. The number of rotatable bonds is 4. The van der Waals surface area contributed by atoms with Gasteiger partial charge >= 0.3 is 0 Å². The Morgan fingerprint density at radius 1 is 1.03 bits per heavy atom. The van der Waals surface area contributed by atoms with Gasteiger partial charge in [0.15, 0.2) is 0 Å². The van der Waals surface area contributed by atoms with Crippen molar-refractivity contribution in [1.82, 2.24) is 9.97 Å². The van der Waals surface area contributed by atoms with Gasteiger partial charge in [-0.2, -0.15) is 0 Å². The molecule has 0 saturated carbocycles. The van der Waals surface area contributed by atoms with Crippen molar-refractivity contribution in [2.45, 2.75) is 26.8 Å². The quantitative estimate of drug-likeness (QED) is 0.595. The third-order valence-corrected chi connectivity index (χ3v) is 5.63. The maximum absolute atomic E-state index is 14.8. The van der Waals surface area contributed by atoms with Crippen molar-refractivity contribution in [3.8, 4) is 11.3 Å². The number of halogens is 1. The predicted molar refractivity (Wildman–Crippen MR) is 137 cm³/mol. The molecule has 1 saturated heterocycles. The first-order chi connectivity index (χ1) is 16.4. The van der Waals surface area contributed by atoms with E-state index in [0.29, 0.717) is 31.0 Å². The summed E-state index contributed by atoms with van der Waals surface area (Å²) in [5.41, 5.74) is 11.0. The highest BCUT2D eigenvalue weighted by atomic mass is 19.1. The number of benzene rings is 2. The van der Waals surface area contributed by atoms with E-state index < -0.39 is 0 Å². The summed E-state index contributed by atoms with van der Waals surface area (Å²) in [7, 11) is 0. The summed E-state index contributed by atoms with van der Waals surface area (Å²) >= 11 is 0. The van der Waals surface area contributed by atoms with Gasteiger partial charge in [0, 0.05) is 35.9 Å². The van der Waals surface area contributed by atoms with Crippen LogP contribution in [-0.4, -0.2) is 49.0 Å². The molecule has 2 N–H and O–H groups in total. The normalized spacial score (nSPS) is 16.4. The Hall–Kier alpha value is -3.16. The molecule has 34 heavy (non-hydrogen) atoms. The van der Waals surface area contributed by atoms with E-state index >= 15 is 0 Å². The van der Waals surface area contributed by atoms with E-state index in [1.807, 2.05) is 24.3 Å². The van der Waals surface area contributed by atoms with E-state index in [4.69, 9.17) is 10.5 Å². The molecular weight excluding hydrogens is 429 g/mol. The van der Waals surface area contributed by atoms with Crippen LogP contribution in [0.3, 0.4) is 0 Å². The molecule has 1 aromatic heterocycles. The van der Waals surface area contributed by atoms with E-state index in [-0.39, 0.29) is 11.9 Å². The van der Waals surface area contributed by atoms with Gasteiger partial charge in [0.25, 0.3) is 0 Å². The Morgan fingerprint density at radius 2 is 1.79 bits per heavy atom. The molecule has 6 nitrogen and oxygen atoms in total. The maximum atomic E-state index is 14.8. The third-order valence-electron chi connectivity index (χ3n) is 5.63. The van der Waals surface area contributed by atoms with Crippen LogP contribution in [0.15, 0.2) is 59.4 Å². The first-order valence-corrected chi connectivity index (χ1v) is 11.8. The van der Waals surface area contributed by atoms with Gasteiger partial charge in [-0.3, -0.25) is 4.99 Å². The van der Waals surface area contributed by atoms with Crippen molar-refractivity contribution in [3.63, 3.8) is 0 Å². The molecule has 3 aromatic rings. The van der Waals surface area contributed by atoms with Crippen LogP contribution in [-0.2, 0) is 4.74 Å². The number of aliphatic imine (C=N–C) groups is 1. The second-order valence-corrected chi connectivity index (χ2v) is 9.17. The minimum Gasteiger partial charge on any atom is -0.378 e. The summed E-state index contributed by atoms with van der Waals surface area (Å²) in [5.74, 6) is 0.497. The first kappa shape index (κ1) is 24.0. The van der Waals surface area contributed by atoms with Crippen molar-refractivity contribution in [2.24, 2.45) is 16.6 Å². The van der Waals surface area contributed by atoms with Crippen LogP contribution < -0.4 is 10.6 Å². The van der Waals surface area contributed by atoms with Crippen LogP contribution in [0.2, 0.25) is 0 Å². The molecule has 0 spiro atoms. The summed E-state index contributed by atoms with van der Waals surface area (Å²) in [5, 5.41) is 0.806. The maximum Gasteiger partial charge on any atom is 0.132 e. The van der Waals surface area contributed by atoms with Crippen LogP contribution in [0, 0.1) is 11.7 Å². The van der Waals surface area contributed by atoms with E-state index in [1.54, 1.807) is 18.3 Å². The summed E-state index contributed by atoms with van der Waals surface area (Å²) in [4.78, 5) is 15.3. The number of anilines is 1. The second-order valence-electron chi connectivity index (χ2n) is 9.17. The Bertz CT molecular complexity index is 1200. The Kier molecular flexibility index (Phi) is 7.65. The minimum atomic E-state index is -0.350. The molecule has 178 valence electrons.